The molecule has 1 aromatic rings. The summed E-state index contributed by atoms with van der Waals surface area (Å²) in [5.41, 5.74) is 3.29. The Balaban J connectivity index is 2.25. The Labute approximate surface area is 121 Å². The highest BCUT2D eigenvalue weighted by Gasteiger charge is 2.06. The second kappa shape index (κ2) is 8.04. The van der Waals surface area contributed by atoms with E-state index in [2.05, 4.69) is 10.7 Å². The molecule has 0 bridgehead atoms. The molecule has 0 unspecified atom stereocenters. The van der Waals surface area contributed by atoms with Crippen molar-refractivity contribution in [1.82, 2.24) is 10.4 Å². The summed E-state index contributed by atoms with van der Waals surface area (Å²) >= 11 is 7.00. The lowest BCUT2D eigenvalue weighted by molar-refractivity contribution is -0.122. The fourth-order valence-corrected chi connectivity index (χ4v) is 1.98. The lowest BCUT2D eigenvalue weighted by Gasteiger charge is -2.11. The van der Waals surface area contributed by atoms with E-state index in [4.69, 9.17) is 11.6 Å². The number of carbonyl (C=O) groups is 2. The maximum absolute atomic E-state index is 11.6. The van der Waals surface area contributed by atoms with Gasteiger partial charge in [-0.15, -0.1) is 11.8 Å². The van der Waals surface area contributed by atoms with Crippen molar-refractivity contribution < 1.29 is 9.59 Å². The van der Waals surface area contributed by atoms with E-state index in [1.165, 1.54) is 11.8 Å². The van der Waals surface area contributed by atoms with E-state index < -0.39 is 0 Å². The lowest BCUT2D eigenvalue weighted by atomic mass is 10.3. The highest BCUT2D eigenvalue weighted by molar-refractivity contribution is 8.00. The summed E-state index contributed by atoms with van der Waals surface area (Å²) in [5.74, 6) is 0.189. The van der Waals surface area contributed by atoms with E-state index in [9.17, 15) is 9.59 Å². The molecule has 5 nitrogen and oxygen atoms in total. The summed E-state index contributed by atoms with van der Waals surface area (Å²) in [5, 5.41) is 4.91. The van der Waals surface area contributed by atoms with Crippen LogP contribution >= 0.6 is 23.4 Å². The monoisotopic (exact) mass is 301 g/mol. The molecule has 7 heteroatoms. The van der Waals surface area contributed by atoms with Crippen LogP contribution in [0.5, 0.6) is 0 Å². The number of hydrogen-bond donors (Lipinski definition) is 2. The van der Waals surface area contributed by atoms with Gasteiger partial charge in [-0.3, -0.25) is 15.0 Å². The first kappa shape index (κ1) is 15.8. The number of hydrogen-bond acceptors (Lipinski definition) is 4. The molecule has 0 radical (unpaired) electrons. The highest BCUT2D eigenvalue weighted by atomic mass is 35.5. The van der Waals surface area contributed by atoms with Gasteiger partial charge in [0, 0.05) is 24.8 Å². The van der Waals surface area contributed by atoms with Crippen molar-refractivity contribution in [2.45, 2.75) is 0 Å². The predicted octanol–water partition coefficient (Wildman–Crippen LogP) is 1.60. The number of nitrogens with one attached hydrogen (secondary N) is 2. The van der Waals surface area contributed by atoms with Crippen molar-refractivity contribution in [2.24, 2.45) is 0 Å². The Morgan fingerprint density at radius 3 is 2.32 bits per heavy atom. The summed E-state index contributed by atoms with van der Waals surface area (Å²) in [6.07, 6.45) is 0. The van der Waals surface area contributed by atoms with Gasteiger partial charge in [0.2, 0.25) is 11.8 Å². The third kappa shape index (κ3) is 7.05. The van der Waals surface area contributed by atoms with Gasteiger partial charge in [0.25, 0.3) is 0 Å². The molecular weight excluding hydrogens is 286 g/mol. The maximum Gasteiger partial charge on any atom is 0.244 e. The molecule has 2 N–H and O–H groups in total. The predicted molar refractivity (Wildman–Crippen MR) is 79.2 cm³/mol. The van der Waals surface area contributed by atoms with Gasteiger partial charge in [-0.1, -0.05) is 11.6 Å². The molecule has 104 valence electrons. The molecule has 2 amide bonds. The number of anilines is 1. The summed E-state index contributed by atoms with van der Waals surface area (Å²) < 4.78 is 0. The third-order valence-corrected chi connectivity index (χ3v) is 3.13. The first-order chi connectivity index (χ1) is 8.97. The van der Waals surface area contributed by atoms with E-state index >= 15 is 0 Å². The van der Waals surface area contributed by atoms with Crippen LogP contribution in [0.4, 0.5) is 5.69 Å². The van der Waals surface area contributed by atoms with Crippen LogP contribution in [0.25, 0.3) is 0 Å². The van der Waals surface area contributed by atoms with Gasteiger partial charge in [0.15, 0.2) is 0 Å². The molecule has 0 fully saturated rings. The minimum absolute atomic E-state index is 0.130. The van der Waals surface area contributed by atoms with Crippen molar-refractivity contribution >= 4 is 40.9 Å². The zero-order valence-corrected chi connectivity index (χ0v) is 12.3. The summed E-state index contributed by atoms with van der Waals surface area (Å²) in [6.45, 7) is 0. The van der Waals surface area contributed by atoms with Gasteiger partial charge in [-0.05, 0) is 24.3 Å². The molecular formula is C12H16ClN3O2S. The van der Waals surface area contributed by atoms with Crippen LogP contribution < -0.4 is 10.7 Å². The van der Waals surface area contributed by atoms with Crippen LogP contribution in [0.15, 0.2) is 24.3 Å². The van der Waals surface area contributed by atoms with Crippen LogP contribution in [0.1, 0.15) is 0 Å². The zero-order valence-electron chi connectivity index (χ0n) is 10.8. The Kier molecular flexibility index (Phi) is 6.69. The number of hydrazine groups is 1. The van der Waals surface area contributed by atoms with Crippen LogP contribution in [0.3, 0.4) is 0 Å². The van der Waals surface area contributed by atoms with Gasteiger partial charge < -0.3 is 5.32 Å². The molecule has 0 saturated carbocycles. The Hall–Kier alpha value is -1.24. The second-order valence-electron chi connectivity index (χ2n) is 3.98. The van der Waals surface area contributed by atoms with Crippen molar-refractivity contribution in [3.63, 3.8) is 0 Å². The summed E-state index contributed by atoms with van der Waals surface area (Å²) in [4.78, 5) is 22.9. The van der Waals surface area contributed by atoms with Gasteiger partial charge in [0.05, 0.1) is 11.5 Å². The molecule has 0 aliphatic rings. The van der Waals surface area contributed by atoms with Crippen LogP contribution in [0, 0.1) is 0 Å². The normalized spacial score (nSPS) is 10.3. The minimum atomic E-state index is -0.148. The average molecular weight is 302 g/mol. The molecule has 0 aliphatic heterocycles. The molecule has 0 atom stereocenters. The van der Waals surface area contributed by atoms with E-state index in [1.54, 1.807) is 43.4 Å². The van der Waals surface area contributed by atoms with E-state index in [1.807, 2.05) is 0 Å². The number of nitrogens with zero attached hydrogens (tertiary/aromatic N) is 1. The van der Waals surface area contributed by atoms with Gasteiger partial charge >= 0.3 is 0 Å². The fourth-order valence-electron chi connectivity index (χ4n) is 1.25. The molecule has 1 rings (SSSR count). The molecule has 19 heavy (non-hydrogen) atoms. The van der Waals surface area contributed by atoms with E-state index in [0.717, 1.165) is 0 Å². The largest absolute Gasteiger partial charge is 0.325 e. The number of halogens is 1. The molecule has 0 spiro atoms. The van der Waals surface area contributed by atoms with Crippen molar-refractivity contribution in [2.75, 3.05) is 30.9 Å². The quantitative estimate of drug-likeness (QED) is 0.784. The maximum atomic E-state index is 11.6. The fraction of sp³-hybridized carbons (Fsp3) is 0.333. The van der Waals surface area contributed by atoms with E-state index in [0.29, 0.717) is 10.7 Å². The van der Waals surface area contributed by atoms with Crippen LogP contribution in [0.2, 0.25) is 5.02 Å². The number of thioether (sulfide) groups is 1. The zero-order chi connectivity index (χ0) is 14.3. The van der Waals surface area contributed by atoms with Crippen molar-refractivity contribution in [3.8, 4) is 0 Å². The Bertz CT molecular complexity index is 437. The summed E-state index contributed by atoms with van der Waals surface area (Å²) in [7, 11) is 3.46. The second-order valence-corrected chi connectivity index (χ2v) is 5.40. The topological polar surface area (TPSA) is 61.4 Å². The Morgan fingerprint density at radius 2 is 1.74 bits per heavy atom. The van der Waals surface area contributed by atoms with Gasteiger partial charge in [-0.2, -0.15) is 0 Å². The van der Waals surface area contributed by atoms with Crippen LogP contribution in [-0.4, -0.2) is 42.4 Å². The first-order valence-corrected chi connectivity index (χ1v) is 7.10. The SMILES string of the molecule is CN(C)NC(=O)CSCC(=O)Nc1ccc(Cl)cc1. The number of benzene rings is 1. The van der Waals surface area contributed by atoms with Crippen molar-refractivity contribution in [3.05, 3.63) is 29.3 Å². The molecule has 0 heterocycles. The molecule has 1 aromatic carbocycles. The van der Waals surface area contributed by atoms with Gasteiger partial charge in [0.1, 0.15) is 0 Å². The third-order valence-electron chi connectivity index (χ3n) is 1.94. The van der Waals surface area contributed by atoms with Crippen LogP contribution in [-0.2, 0) is 9.59 Å². The Morgan fingerprint density at radius 1 is 1.16 bits per heavy atom. The number of rotatable bonds is 6. The average Bonchev–Trinajstić information content (AvgIpc) is 2.31. The number of amides is 2. The first-order valence-electron chi connectivity index (χ1n) is 5.57. The van der Waals surface area contributed by atoms with Crippen molar-refractivity contribution in [1.29, 1.82) is 0 Å². The standard InChI is InChI=1S/C12H16ClN3O2S/c1-16(2)15-12(18)8-19-7-11(17)14-10-5-3-9(13)4-6-10/h3-6H,7-8H2,1-2H3,(H,14,17)(H,15,18). The minimum Gasteiger partial charge on any atom is -0.325 e. The lowest BCUT2D eigenvalue weighted by Crippen LogP contribution is -2.37. The van der Waals surface area contributed by atoms with E-state index in [-0.39, 0.29) is 23.3 Å². The highest BCUT2D eigenvalue weighted by Crippen LogP contribution is 2.13. The molecule has 0 aliphatic carbocycles. The smallest absolute Gasteiger partial charge is 0.244 e. The molecule has 0 saturated heterocycles. The molecule has 0 aromatic heterocycles. The number of carbonyl (C=O) groups excluding carboxylic acids is 2. The summed E-state index contributed by atoms with van der Waals surface area (Å²) in [6, 6.07) is 6.86. The van der Waals surface area contributed by atoms with Gasteiger partial charge in [-0.25, -0.2) is 5.01 Å².